The standard InChI is InChI=1S/C22H21N5O4/c28-20(23-18-8-4-7-16(11-18)21(29)24-17-9-10-17)14-31-22(30)19-13-27(26-25-19)12-15-5-2-1-3-6-15/h1-8,11,13,17H,9-10,12,14H2,(H,23,28)(H,24,29). The molecule has 31 heavy (non-hydrogen) atoms. The number of benzene rings is 2. The summed E-state index contributed by atoms with van der Waals surface area (Å²) < 4.78 is 6.54. The highest BCUT2D eigenvalue weighted by Crippen LogP contribution is 2.20. The Hall–Kier alpha value is -4.01. The summed E-state index contributed by atoms with van der Waals surface area (Å²) in [6.45, 7) is -0.0187. The third-order valence-corrected chi connectivity index (χ3v) is 4.59. The predicted octanol–water partition coefficient (Wildman–Crippen LogP) is 2.01. The summed E-state index contributed by atoms with van der Waals surface area (Å²) in [5.74, 6) is -1.44. The third kappa shape index (κ3) is 5.75. The van der Waals surface area contributed by atoms with Gasteiger partial charge in [-0.1, -0.05) is 41.6 Å². The molecule has 0 aliphatic heterocycles. The zero-order chi connectivity index (χ0) is 21.6. The zero-order valence-electron chi connectivity index (χ0n) is 16.7. The second-order valence-electron chi connectivity index (χ2n) is 7.24. The molecule has 0 bridgehead atoms. The molecule has 2 aromatic carbocycles. The molecular formula is C22H21N5O4. The maximum atomic E-state index is 12.1. The van der Waals surface area contributed by atoms with E-state index < -0.39 is 18.5 Å². The number of carbonyl (C=O) groups is 3. The molecule has 1 heterocycles. The summed E-state index contributed by atoms with van der Waals surface area (Å²) in [5.41, 5.74) is 1.93. The maximum Gasteiger partial charge on any atom is 0.361 e. The average molecular weight is 419 g/mol. The van der Waals surface area contributed by atoms with Crippen molar-refractivity contribution < 1.29 is 19.1 Å². The number of esters is 1. The number of ether oxygens (including phenoxy) is 1. The highest BCUT2D eigenvalue weighted by molar-refractivity contribution is 5.98. The van der Waals surface area contributed by atoms with E-state index in [1.807, 2.05) is 30.3 Å². The van der Waals surface area contributed by atoms with Crippen LogP contribution in [-0.4, -0.2) is 45.4 Å². The molecule has 1 saturated carbocycles. The molecule has 0 saturated heterocycles. The molecule has 0 atom stereocenters. The van der Waals surface area contributed by atoms with E-state index in [-0.39, 0.29) is 17.6 Å². The Morgan fingerprint density at radius 3 is 2.65 bits per heavy atom. The molecule has 1 aliphatic rings. The lowest BCUT2D eigenvalue weighted by atomic mass is 10.2. The van der Waals surface area contributed by atoms with Crippen molar-refractivity contribution in [3.05, 3.63) is 77.6 Å². The highest BCUT2D eigenvalue weighted by Gasteiger charge is 2.24. The van der Waals surface area contributed by atoms with Gasteiger partial charge in [0.15, 0.2) is 12.3 Å². The smallest absolute Gasteiger partial charge is 0.361 e. The van der Waals surface area contributed by atoms with Crippen LogP contribution in [0.2, 0.25) is 0 Å². The molecule has 4 rings (SSSR count). The number of carbonyl (C=O) groups excluding carboxylic acids is 3. The van der Waals surface area contributed by atoms with E-state index in [1.54, 1.807) is 24.3 Å². The number of aromatic nitrogens is 3. The van der Waals surface area contributed by atoms with Gasteiger partial charge in [0, 0.05) is 17.3 Å². The molecule has 0 unspecified atom stereocenters. The Balaban J connectivity index is 1.27. The van der Waals surface area contributed by atoms with Gasteiger partial charge in [0.1, 0.15) is 0 Å². The molecule has 0 radical (unpaired) electrons. The minimum absolute atomic E-state index is 0.0162. The third-order valence-electron chi connectivity index (χ3n) is 4.59. The Morgan fingerprint density at radius 1 is 1.06 bits per heavy atom. The van der Waals surface area contributed by atoms with Gasteiger partial charge in [-0.15, -0.1) is 5.10 Å². The first-order valence-corrected chi connectivity index (χ1v) is 9.89. The number of hydrogen-bond donors (Lipinski definition) is 2. The van der Waals surface area contributed by atoms with Crippen LogP contribution in [0.1, 0.15) is 39.3 Å². The highest BCUT2D eigenvalue weighted by atomic mass is 16.5. The van der Waals surface area contributed by atoms with Crippen molar-refractivity contribution >= 4 is 23.5 Å². The summed E-state index contributed by atoms with van der Waals surface area (Å²) in [6.07, 6.45) is 3.45. The van der Waals surface area contributed by atoms with Crippen molar-refractivity contribution in [1.29, 1.82) is 0 Å². The normalized spacial score (nSPS) is 12.8. The molecule has 3 aromatic rings. The van der Waals surface area contributed by atoms with E-state index in [1.165, 1.54) is 10.9 Å². The van der Waals surface area contributed by atoms with Crippen molar-refractivity contribution in [3.63, 3.8) is 0 Å². The Kier molecular flexibility index (Phi) is 6.02. The largest absolute Gasteiger partial charge is 0.451 e. The van der Waals surface area contributed by atoms with E-state index in [0.717, 1.165) is 18.4 Å². The molecule has 9 nitrogen and oxygen atoms in total. The monoisotopic (exact) mass is 419 g/mol. The minimum atomic E-state index is -0.743. The summed E-state index contributed by atoms with van der Waals surface area (Å²) in [6, 6.07) is 16.4. The molecule has 2 N–H and O–H groups in total. The van der Waals surface area contributed by atoms with Crippen LogP contribution in [0.5, 0.6) is 0 Å². The van der Waals surface area contributed by atoms with Crippen LogP contribution in [0.4, 0.5) is 5.69 Å². The van der Waals surface area contributed by atoms with Gasteiger partial charge >= 0.3 is 5.97 Å². The molecule has 9 heteroatoms. The van der Waals surface area contributed by atoms with Gasteiger partial charge in [-0.3, -0.25) is 9.59 Å². The quantitative estimate of drug-likeness (QED) is 0.540. The number of amides is 2. The molecule has 1 fully saturated rings. The lowest BCUT2D eigenvalue weighted by Gasteiger charge is -2.08. The van der Waals surface area contributed by atoms with E-state index in [0.29, 0.717) is 17.8 Å². The second kappa shape index (κ2) is 9.21. The predicted molar refractivity (Wildman–Crippen MR) is 111 cm³/mol. The zero-order valence-corrected chi connectivity index (χ0v) is 16.7. The molecule has 158 valence electrons. The van der Waals surface area contributed by atoms with Crippen molar-refractivity contribution in [2.75, 3.05) is 11.9 Å². The number of anilines is 1. The van der Waals surface area contributed by atoms with Crippen LogP contribution in [0.3, 0.4) is 0 Å². The van der Waals surface area contributed by atoms with Gasteiger partial charge in [0.05, 0.1) is 12.7 Å². The summed E-state index contributed by atoms with van der Waals surface area (Å²) >= 11 is 0. The molecule has 1 aliphatic carbocycles. The van der Waals surface area contributed by atoms with E-state index in [9.17, 15) is 14.4 Å². The van der Waals surface area contributed by atoms with Crippen LogP contribution in [0, 0.1) is 0 Å². The fourth-order valence-corrected chi connectivity index (χ4v) is 2.88. The maximum absolute atomic E-state index is 12.1. The Morgan fingerprint density at radius 2 is 1.87 bits per heavy atom. The average Bonchev–Trinajstić information content (AvgIpc) is 3.47. The first-order chi connectivity index (χ1) is 15.1. The second-order valence-corrected chi connectivity index (χ2v) is 7.24. The van der Waals surface area contributed by atoms with Crippen LogP contribution >= 0.6 is 0 Å². The van der Waals surface area contributed by atoms with Gasteiger partial charge in [-0.25, -0.2) is 9.48 Å². The van der Waals surface area contributed by atoms with E-state index in [4.69, 9.17) is 4.74 Å². The first kappa shape index (κ1) is 20.3. The number of nitrogens with zero attached hydrogens (tertiary/aromatic N) is 3. The van der Waals surface area contributed by atoms with Crippen molar-refractivity contribution in [2.24, 2.45) is 0 Å². The molecule has 2 amide bonds. The lowest BCUT2D eigenvalue weighted by molar-refractivity contribution is -0.119. The van der Waals surface area contributed by atoms with Crippen LogP contribution in [0.15, 0.2) is 60.8 Å². The molecule has 0 spiro atoms. The SMILES string of the molecule is O=C(COC(=O)c1cn(Cc2ccccc2)nn1)Nc1cccc(C(=O)NC2CC2)c1. The fourth-order valence-electron chi connectivity index (χ4n) is 2.88. The lowest BCUT2D eigenvalue weighted by Crippen LogP contribution is -2.25. The molecule has 1 aromatic heterocycles. The summed E-state index contributed by atoms with van der Waals surface area (Å²) in [5, 5.41) is 13.2. The van der Waals surface area contributed by atoms with Crippen LogP contribution in [-0.2, 0) is 16.1 Å². The summed E-state index contributed by atoms with van der Waals surface area (Å²) in [7, 11) is 0. The van der Waals surface area contributed by atoms with Gasteiger partial charge in [0.25, 0.3) is 11.8 Å². The molecular weight excluding hydrogens is 398 g/mol. The Labute approximate surface area is 178 Å². The summed E-state index contributed by atoms with van der Waals surface area (Å²) in [4.78, 5) is 36.4. The van der Waals surface area contributed by atoms with Gasteiger partial charge in [0.2, 0.25) is 0 Å². The van der Waals surface area contributed by atoms with Crippen LogP contribution < -0.4 is 10.6 Å². The van der Waals surface area contributed by atoms with Crippen molar-refractivity contribution in [1.82, 2.24) is 20.3 Å². The van der Waals surface area contributed by atoms with Crippen molar-refractivity contribution in [2.45, 2.75) is 25.4 Å². The topological polar surface area (TPSA) is 115 Å². The first-order valence-electron chi connectivity index (χ1n) is 9.89. The number of rotatable bonds is 8. The van der Waals surface area contributed by atoms with Gasteiger partial charge in [-0.05, 0) is 36.6 Å². The number of nitrogens with one attached hydrogen (secondary N) is 2. The van der Waals surface area contributed by atoms with Gasteiger partial charge < -0.3 is 15.4 Å². The van der Waals surface area contributed by atoms with E-state index >= 15 is 0 Å². The van der Waals surface area contributed by atoms with Gasteiger partial charge in [-0.2, -0.15) is 0 Å². The minimum Gasteiger partial charge on any atom is -0.451 e. The van der Waals surface area contributed by atoms with Crippen molar-refractivity contribution in [3.8, 4) is 0 Å². The fraction of sp³-hybridized carbons (Fsp3) is 0.227. The van der Waals surface area contributed by atoms with Crippen LogP contribution in [0.25, 0.3) is 0 Å². The Bertz CT molecular complexity index is 1090. The number of hydrogen-bond acceptors (Lipinski definition) is 6. The van der Waals surface area contributed by atoms with E-state index in [2.05, 4.69) is 20.9 Å².